The Balaban J connectivity index is 1.51. The lowest BCUT2D eigenvalue weighted by Crippen LogP contribution is -2.42. The molecular formula is C23H31N5O4S. The van der Waals surface area contributed by atoms with Crippen molar-refractivity contribution >= 4 is 30.4 Å². The lowest BCUT2D eigenvalue weighted by Gasteiger charge is -2.33. The Morgan fingerprint density at radius 1 is 1.33 bits per heavy atom. The lowest BCUT2D eigenvalue weighted by atomic mass is 10.0. The number of carbonyl (C=O) groups is 2. The Morgan fingerprint density at radius 2 is 2.06 bits per heavy atom. The third-order valence-corrected chi connectivity index (χ3v) is 6.78. The summed E-state index contributed by atoms with van der Waals surface area (Å²) in [6, 6.07) is 9.70. The van der Waals surface area contributed by atoms with Crippen LogP contribution in [0.15, 0.2) is 30.3 Å². The van der Waals surface area contributed by atoms with Gasteiger partial charge in [-0.05, 0) is 46.3 Å². The number of hydrogen-bond acceptors (Lipinski definition) is 7. The highest BCUT2D eigenvalue weighted by Crippen LogP contribution is 2.42. The molecule has 10 heteroatoms. The van der Waals surface area contributed by atoms with E-state index in [1.807, 2.05) is 63.2 Å². The summed E-state index contributed by atoms with van der Waals surface area (Å²) >= 11 is 4.42. The number of amides is 2. The molecule has 0 bridgehead atoms. The first-order valence-corrected chi connectivity index (χ1v) is 11.5. The van der Waals surface area contributed by atoms with Crippen LogP contribution in [-0.2, 0) is 26.4 Å². The summed E-state index contributed by atoms with van der Waals surface area (Å²) in [5.41, 5.74) is 1.76. The van der Waals surface area contributed by atoms with Gasteiger partial charge in [0, 0.05) is 18.7 Å². The largest absolute Gasteiger partial charge is 0.440 e. The molecule has 0 aliphatic carbocycles. The maximum atomic E-state index is 13.3. The molecule has 2 N–H and O–H groups in total. The minimum Gasteiger partial charge on any atom is -0.440 e. The SMILES string of the molecule is CN(C)C[C@@H](OC(=O)N1Cc2c(NC(=O)[C@@]3(S)CCCO3)n[nH]c2C1(C)C)c1ccccc1. The molecule has 1 saturated heterocycles. The van der Waals surface area contributed by atoms with E-state index in [0.29, 0.717) is 25.4 Å². The molecule has 0 spiro atoms. The number of benzene rings is 1. The van der Waals surface area contributed by atoms with Gasteiger partial charge in [0.25, 0.3) is 5.91 Å². The van der Waals surface area contributed by atoms with Gasteiger partial charge in [0.2, 0.25) is 0 Å². The van der Waals surface area contributed by atoms with Gasteiger partial charge in [-0.15, -0.1) is 12.6 Å². The fourth-order valence-corrected chi connectivity index (χ4v) is 4.62. The molecule has 3 heterocycles. The van der Waals surface area contributed by atoms with Crippen LogP contribution in [0.4, 0.5) is 10.6 Å². The quantitative estimate of drug-likeness (QED) is 0.557. The summed E-state index contributed by atoms with van der Waals surface area (Å²) < 4.78 is 11.5. The maximum Gasteiger partial charge on any atom is 0.411 e. The van der Waals surface area contributed by atoms with E-state index in [-0.39, 0.29) is 12.5 Å². The summed E-state index contributed by atoms with van der Waals surface area (Å²) in [5, 5.41) is 10.1. The van der Waals surface area contributed by atoms with E-state index in [4.69, 9.17) is 9.47 Å². The van der Waals surface area contributed by atoms with Crippen LogP contribution in [-0.4, -0.2) is 64.2 Å². The van der Waals surface area contributed by atoms with Crippen molar-refractivity contribution < 1.29 is 19.1 Å². The summed E-state index contributed by atoms with van der Waals surface area (Å²) in [6.07, 6.45) is 0.468. The Morgan fingerprint density at radius 3 is 2.70 bits per heavy atom. The summed E-state index contributed by atoms with van der Waals surface area (Å²) in [5.74, 6) is 0.0294. The van der Waals surface area contributed by atoms with Crippen LogP contribution in [0.5, 0.6) is 0 Å². The summed E-state index contributed by atoms with van der Waals surface area (Å²) in [4.78, 5) is 28.5. The second kappa shape index (κ2) is 9.00. The van der Waals surface area contributed by atoms with E-state index in [9.17, 15) is 9.59 Å². The molecule has 1 fully saturated rings. The number of carbonyl (C=O) groups excluding carboxylic acids is 2. The molecule has 178 valence electrons. The fraction of sp³-hybridized carbons (Fsp3) is 0.522. The van der Waals surface area contributed by atoms with Crippen LogP contribution in [0.2, 0.25) is 0 Å². The number of thiol groups is 1. The summed E-state index contributed by atoms with van der Waals surface area (Å²) in [6.45, 7) is 5.16. The van der Waals surface area contributed by atoms with Crippen molar-refractivity contribution in [1.29, 1.82) is 0 Å². The number of fused-ring (bicyclic) bond motifs is 1. The highest BCUT2D eigenvalue weighted by Gasteiger charge is 2.46. The van der Waals surface area contributed by atoms with E-state index >= 15 is 0 Å². The topological polar surface area (TPSA) is 99.8 Å². The molecule has 2 aromatic rings. The van der Waals surface area contributed by atoms with Crippen LogP contribution in [0, 0.1) is 0 Å². The van der Waals surface area contributed by atoms with Crippen molar-refractivity contribution in [2.45, 2.75) is 49.8 Å². The van der Waals surface area contributed by atoms with Crippen LogP contribution < -0.4 is 5.32 Å². The number of H-pyrrole nitrogens is 1. The number of nitrogens with zero attached hydrogens (tertiary/aromatic N) is 3. The maximum absolute atomic E-state index is 13.3. The summed E-state index contributed by atoms with van der Waals surface area (Å²) in [7, 11) is 3.88. The van der Waals surface area contributed by atoms with Crippen molar-refractivity contribution in [3.05, 3.63) is 47.2 Å². The Labute approximate surface area is 199 Å². The molecular weight excluding hydrogens is 442 g/mol. The average Bonchev–Trinajstić information content (AvgIpc) is 3.45. The minimum atomic E-state index is -1.16. The van der Waals surface area contributed by atoms with E-state index in [2.05, 4.69) is 28.1 Å². The van der Waals surface area contributed by atoms with E-state index in [1.54, 1.807) is 4.90 Å². The molecule has 1 aromatic heterocycles. The van der Waals surface area contributed by atoms with Gasteiger partial charge in [-0.2, -0.15) is 5.10 Å². The number of ether oxygens (including phenoxy) is 2. The molecule has 2 aliphatic rings. The van der Waals surface area contributed by atoms with Crippen LogP contribution >= 0.6 is 12.6 Å². The molecule has 2 amide bonds. The number of aromatic amines is 1. The fourth-order valence-electron chi connectivity index (χ4n) is 4.32. The first kappa shape index (κ1) is 23.6. The van der Waals surface area contributed by atoms with Crippen LogP contribution in [0.25, 0.3) is 0 Å². The number of rotatable bonds is 6. The first-order valence-electron chi connectivity index (χ1n) is 11.1. The van der Waals surface area contributed by atoms with Crippen molar-refractivity contribution in [2.75, 3.05) is 32.6 Å². The number of anilines is 1. The third-order valence-electron chi connectivity index (χ3n) is 6.22. The zero-order valence-electron chi connectivity index (χ0n) is 19.4. The van der Waals surface area contributed by atoms with Gasteiger partial charge in [-0.3, -0.25) is 14.8 Å². The molecule has 2 atom stereocenters. The van der Waals surface area contributed by atoms with Crippen LogP contribution in [0.3, 0.4) is 0 Å². The van der Waals surface area contributed by atoms with Gasteiger partial charge in [0.15, 0.2) is 10.8 Å². The minimum absolute atomic E-state index is 0.261. The highest BCUT2D eigenvalue weighted by atomic mass is 32.1. The average molecular weight is 474 g/mol. The first-order chi connectivity index (χ1) is 15.6. The normalized spacial score (nSPS) is 22.3. The Hall–Kier alpha value is -2.56. The predicted molar refractivity (Wildman–Crippen MR) is 127 cm³/mol. The van der Waals surface area contributed by atoms with E-state index < -0.39 is 22.7 Å². The van der Waals surface area contributed by atoms with Crippen LogP contribution in [0.1, 0.15) is 49.6 Å². The third kappa shape index (κ3) is 4.60. The predicted octanol–water partition coefficient (Wildman–Crippen LogP) is 3.27. The van der Waals surface area contributed by atoms with Gasteiger partial charge in [0.1, 0.15) is 6.10 Å². The zero-order valence-corrected chi connectivity index (χ0v) is 20.3. The Bertz CT molecular complexity index is 1020. The standard InChI is InChI=1S/C23H31N5O4S/c1-22(2)18-16(19(26-25-18)24-20(29)23(33)11-8-12-31-23)13-28(22)21(30)32-17(14-27(3)4)15-9-6-5-7-10-15/h5-7,9-10,17,33H,8,11-14H2,1-4H3,(H2,24,25,26,29)/t17-,23+/m1/s1. The molecule has 9 nitrogen and oxygen atoms in total. The van der Waals surface area contributed by atoms with Gasteiger partial charge < -0.3 is 19.7 Å². The van der Waals surface area contributed by atoms with Gasteiger partial charge >= 0.3 is 6.09 Å². The van der Waals surface area contributed by atoms with Crippen molar-refractivity contribution in [3.8, 4) is 0 Å². The number of likely N-dealkylation sites (N-methyl/N-ethyl adjacent to an activating group) is 1. The molecule has 4 rings (SSSR count). The second-order valence-corrected chi connectivity index (χ2v) is 10.0. The smallest absolute Gasteiger partial charge is 0.411 e. The monoisotopic (exact) mass is 473 g/mol. The molecule has 0 unspecified atom stereocenters. The van der Waals surface area contributed by atoms with E-state index in [1.165, 1.54) is 0 Å². The number of nitrogens with one attached hydrogen (secondary N) is 2. The lowest BCUT2D eigenvalue weighted by molar-refractivity contribution is -0.127. The second-order valence-electron chi connectivity index (χ2n) is 9.31. The zero-order chi connectivity index (χ0) is 23.8. The highest BCUT2D eigenvalue weighted by molar-refractivity contribution is 7.82. The van der Waals surface area contributed by atoms with Gasteiger partial charge in [-0.25, -0.2) is 4.79 Å². The van der Waals surface area contributed by atoms with Crippen molar-refractivity contribution in [1.82, 2.24) is 20.0 Å². The molecule has 0 saturated carbocycles. The van der Waals surface area contributed by atoms with Gasteiger partial charge in [0.05, 0.1) is 17.8 Å². The number of aromatic nitrogens is 2. The molecule has 1 aromatic carbocycles. The van der Waals surface area contributed by atoms with Gasteiger partial charge in [-0.1, -0.05) is 30.3 Å². The Kier molecular flexibility index (Phi) is 6.43. The van der Waals surface area contributed by atoms with Crippen molar-refractivity contribution in [3.63, 3.8) is 0 Å². The van der Waals surface area contributed by atoms with Crippen molar-refractivity contribution in [2.24, 2.45) is 0 Å². The molecule has 0 radical (unpaired) electrons. The van der Waals surface area contributed by atoms with E-state index in [0.717, 1.165) is 23.2 Å². The molecule has 2 aliphatic heterocycles. The molecule has 33 heavy (non-hydrogen) atoms. The number of hydrogen-bond donors (Lipinski definition) is 3.